The Kier molecular flexibility index (Phi) is 7.26. The number of halogens is 1. The van der Waals surface area contributed by atoms with E-state index < -0.39 is 0 Å². The van der Waals surface area contributed by atoms with Crippen molar-refractivity contribution in [3.05, 3.63) is 95.3 Å². The van der Waals surface area contributed by atoms with Crippen molar-refractivity contribution in [2.24, 2.45) is 5.92 Å². The highest BCUT2D eigenvalue weighted by Gasteiger charge is 2.35. The number of carbonyl (C=O) groups excluding carboxylic acids is 2. The van der Waals surface area contributed by atoms with E-state index in [1.54, 1.807) is 36.3 Å². The second-order valence-corrected chi connectivity index (χ2v) is 8.66. The molecule has 0 bridgehead atoms. The lowest BCUT2D eigenvalue weighted by atomic mass is 9.83. The summed E-state index contributed by atoms with van der Waals surface area (Å²) in [7, 11) is 1.59. The standard InChI is InChI=1S/C28H29FN2O3/c1-3-19-4-6-20(7-5-19)22-16-23(27(32)30-25-12-14-26(34-2)15-13-25)18-31(17-22)28(33)21-8-10-24(29)11-9-21/h4-15,22-23H,3,16-18H2,1-2H3,(H,30,32)/t22-,23+/m0/s1. The Bertz CT molecular complexity index is 1130. The van der Waals surface area contributed by atoms with Crippen LogP contribution in [0.4, 0.5) is 10.1 Å². The van der Waals surface area contributed by atoms with Gasteiger partial charge in [-0.3, -0.25) is 9.59 Å². The molecule has 0 unspecified atom stereocenters. The molecule has 3 aromatic carbocycles. The van der Waals surface area contributed by atoms with Gasteiger partial charge in [0.25, 0.3) is 5.91 Å². The van der Waals surface area contributed by atoms with Gasteiger partial charge in [-0.1, -0.05) is 31.2 Å². The highest BCUT2D eigenvalue weighted by atomic mass is 19.1. The minimum absolute atomic E-state index is 0.0238. The van der Waals surface area contributed by atoms with Gasteiger partial charge in [0.15, 0.2) is 0 Å². The molecule has 176 valence electrons. The Labute approximate surface area is 199 Å². The number of amides is 2. The van der Waals surface area contributed by atoms with Crippen molar-refractivity contribution in [3.63, 3.8) is 0 Å². The number of hydrogen-bond acceptors (Lipinski definition) is 3. The van der Waals surface area contributed by atoms with Crippen LogP contribution in [0.2, 0.25) is 0 Å². The zero-order valence-corrected chi connectivity index (χ0v) is 19.5. The maximum atomic E-state index is 13.4. The average Bonchev–Trinajstić information content (AvgIpc) is 2.89. The van der Waals surface area contributed by atoms with Gasteiger partial charge in [0.2, 0.25) is 5.91 Å². The summed E-state index contributed by atoms with van der Waals surface area (Å²) in [5.41, 5.74) is 3.44. The van der Waals surface area contributed by atoms with E-state index in [1.807, 2.05) is 0 Å². The summed E-state index contributed by atoms with van der Waals surface area (Å²) in [6, 6.07) is 21.1. The van der Waals surface area contributed by atoms with E-state index >= 15 is 0 Å². The first-order chi connectivity index (χ1) is 16.5. The second kappa shape index (κ2) is 10.5. The highest BCUT2D eigenvalue weighted by Crippen LogP contribution is 2.32. The van der Waals surface area contributed by atoms with Gasteiger partial charge >= 0.3 is 0 Å². The number of piperidine rings is 1. The van der Waals surface area contributed by atoms with Gasteiger partial charge < -0.3 is 15.0 Å². The van der Waals surface area contributed by atoms with E-state index in [9.17, 15) is 14.0 Å². The van der Waals surface area contributed by atoms with Crippen LogP contribution in [0, 0.1) is 11.7 Å². The normalized spacial score (nSPS) is 17.8. The number of rotatable bonds is 6. The van der Waals surface area contributed by atoms with Crippen LogP contribution in [-0.2, 0) is 11.2 Å². The average molecular weight is 461 g/mol. The number of carbonyl (C=O) groups is 2. The van der Waals surface area contributed by atoms with Crippen molar-refractivity contribution in [2.45, 2.75) is 25.7 Å². The summed E-state index contributed by atoms with van der Waals surface area (Å²) < 4.78 is 18.6. The topological polar surface area (TPSA) is 58.6 Å². The molecule has 0 aromatic heterocycles. The Balaban J connectivity index is 1.56. The van der Waals surface area contributed by atoms with Gasteiger partial charge in [-0.05, 0) is 72.5 Å². The van der Waals surface area contributed by atoms with Crippen LogP contribution in [0.15, 0.2) is 72.8 Å². The van der Waals surface area contributed by atoms with E-state index in [0.717, 1.165) is 12.0 Å². The number of methoxy groups -OCH3 is 1. The number of anilines is 1. The molecule has 34 heavy (non-hydrogen) atoms. The van der Waals surface area contributed by atoms with Crippen molar-refractivity contribution in [2.75, 3.05) is 25.5 Å². The molecule has 1 N–H and O–H groups in total. The van der Waals surface area contributed by atoms with E-state index in [1.165, 1.54) is 29.8 Å². The van der Waals surface area contributed by atoms with Crippen LogP contribution in [-0.4, -0.2) is 36.9 Å². The summed E-state index contributed by atoms with van der Waals surface area (Å²) >= 11 is 0. The minimum atomic E-state index is -0.388. The first kappa shape index (κ1) is 23.5. The molecule has 5 nitrogen and oxygen atoms in total. The number of nitrogens with zero attached hydrogens (tertiary/aromatic N) is 1. The number of nitrogens with one attached hydrogen (secondary N) is 1. The highest BCUT2D eigenvalue weighted by molar-refractivity contribution is 5.96. The van der Waals surface area contributed by atoms with Crippen LogP contribution in [0.25, 0.3) is 0 Å². The Morgan fingerprint density at radius 1 is 0.971 bits per heavy atom. The lowest BCUT2D eigenvalue weighted by Crippen LogP contribution is -2.46. The summed E-state index contributed by atoms with van der Waals surface area (Å²) in [5, 5.41) is 2.98. The van der Waals surface area contributed by atoms with Crippen molar-refractivity contribution in [1.82, 2.24) is 4.90 Å². The number of aryl methyl sites for hydroxylation is 1. The lowest BCUT2D eigenvalue weighted by molar-refractivity contribution is -0.121. The predicted octanol–water partition coefficient (Wildman–Crippen LogP) is 5.28. The first-order valence-corrected chi connectivity index (χ1v) is 11.6. The van der Waals surface area contributed by atoms with Gasteiger partial charge in [0, 0.05) is 30.3 Å². The quantitative estimate of drug-likeness (QED) is 0.544. The van der Waals surface area contributed by atoms with Crippen LogP contribution >= 0.6 is 0 Å². The largest absolute Gasteiger partial charge is 0.497 e. The zero-order valence-electron chi connectivity index (χ0n) is 19.5. The fourth-order valence-electron chi connectivity index (χ4n) is 4.42. The summed E-state index contributed by atoms with van der Waals surface area (Å²) in [5.74, 6) is -0.357. The maximum Gasteiger partial charge on any atom is 0.253 e. The van der Waals surface area contributed by atoms with E-state index in [4.69, 9.17) is 4.74 Å². The molecule has 0 spiro atoms. The fraction of sp³-hybridized carbons (Fsp3) is 0.286. The zero-order chi connectivity index (χ0) is 24.1. The van der Waals surface area contributed by atoms with E-state index in [-0.39, 0.29) is 29.5 Å². The van der Waals surface area contributed by atoms with Crippen LogP contribution in [0.3, 0.4) is 0 Å². The SMILES string of the molecule is CCc1ccc([C@H]2C[C@@H](C(=O)Nc3ccc(OC)cc3)CN(C(=O)c3ccc(F)cc3)C2)cc1. The third-order valence-corrected chi connectivity index (χ3v) is 6.42. The van der Waals surface area contributed by atoms with Gasteiger partial charge in [-0.2, -0.15) is 0 Å². The number of benzene rings is 3. The molecule has 0 aliphatic carbocycles. The van der Waals surface area contributed by atoms with Crippen LogP contribution in [0.5, 0.6) is 5.75 Å². The van der Waals surface area contributed by atoms with Gasteiger partial charge in [-0.25, -0.2) is 4.39 Å². The molecule has 0 saturated carbocycles. The molecule has 2 atom stereocenters. The molecule has 1 aliphatic rings. The lowest BCUT2D eigenvalue weighted by Gasteiger charge is -2.37. The summed E-state index contributed by atoms with van der Waals surface area (Å²) in [6.45, 7) is 2.92. The molecule has 2 amide bonds. The van der Waals surface area contributed by atoms with Gasteiger partial charge in [0.1, 0.15) is 11.6 Å². The number of ether oxygens (including phenoxy) is 1. The molecule has 0 radical (unpaired) electrons. The minimum Gasteiger partial charge on any atom is -0.497 e. The smallest absolute Gasteiger partial charge is 0.253 e. The van der Waals surface area contributed by atoms with E-state index in [0.29, 0.717) is 36.5 Å². The van der Waals surface area contributed by atoms with Crippen LogP contribution < -0.4 is 10.1 Å². The molecular formula is C28H29FN2O3. The monoisotopic (exact) mass is 460 g/mol. The summed E-state index contributed by atoms with van der Waals surface area (Å²) in [6.07, 6.45) is 1.59. The second-order valence-electron chi connectivity index (χ2n) is 8.66. The maximum absolute atomic E-state index is 13.4. The Hall–Kier alpha value is -3.67. The molecule has 1 aliphatic heterocycles. The van der Waals surface area contributed by atoms with Gasteiger partial charge in [0.05, 0.1) is 13.0 Å². The molecule has 1 saturated heterocycles. The molecule has 4 rings (SSSR count). The third-order valence-electron chi connectivity index (χ3n) is 6.42. The Morgan fingerprint density at radius 2 is 1.65 bits per heavy atom. The van der Waals surface area contributed by atoms with Crippen LogP contribution in [0.1, 0.15) is 40.7 Å². The molecule has 1 fully saturated rings. The molecular weight excluding hydrogens is 431 g/mol. The van der Waals surface area contributed by atoms with Crippen molar-refractivity contribution in [1.29, 1.82) is 0 Å². The first-order valence-electron chi connectivity index (χ1n) is 11.6. The predicted molar refractivity (Wildman–Crippen MR) is 131 cm³/mol. The fourth-order valence-corrected chi connectivity index (χ4v) is 4.42. The van der Waals surface area contributed by atoms with Crippen molar-refractivity contribution < 1.29 is 18.7 Å². The molecule has 1 heterocycles. The molecule has 3 aromatic rings. The number of likely N-dealkylation sites (tertiary alicyclic amines) is 1. The number of hydrogen-bond donors (Lipinski definition) is 1. The van der Waals surface area contributed by atoms with Crippen molar-refractivity contribution >= 4 is 17.5 Å². The Morgan fingerprint density at radius 3 is 2.26 bits per heavy atom. The van der Waals surface area contributed by atoms with Crippen molar-refractivity contribution in [3.8, 4) is 5.75 Å². The van der Waals surface area contributed by atoms with E-state index in [2.05, 4.69) is 36.5 Å². The molecule has 6 heteroatoms. The summed E-state index contributed by atoms with van der Waals surface area (Å²) in [4.78, 5) is 28.2. The third kappa shape index (κ3) is 5.45. The van der Waals surface area contributed by atoms with Gasteiger partial charge in [-0.15, -0.1) is 0 Å².